The van der Waals surface area contributed by atoms with Crippen LogP contribution in [0.3, 0.4) is 0 Å². The first-order chi connectivity index (χ1) is 12.2. The monoisotopic (exact) mass is 376 g/mol. The lowest BCUT2D eigenvalue weighted by atomic mass is 10.2. The molecule has 0 saturated carbocycles. The summed E-state index contributed by atoms with van der Waals surface area (Å²) in [6.45, 7) is 2.00. The molecule has 2 heterocycles. The molecule has 0 saturated heterocycles. The first kappa shape index (κ1) is 17.1. The van der Waals surface area contributed by atoms with Crippen molar-refractivity contribution in [2.75, 3.05) is 12.0 Å². The number of nitrogens with zero attached hydrogens (tertiary/aromatic N) is 3. The summed E-state index contributed by atoms with van der Waals surface area (Å²) in [5, 5.41) is 10.7. The maximum atomic E-state index is 11.6. The SMILES string of the molecule is CCOC(=O)c1cc(-c2csc(N/N=C/c3ccccc3Cl)n2)on1. The number of benzene rings is 1. The number of anilines is 1. The summed E-state index contributed by atoms with van der Waals surface area (Å²) in [6, 6.07) is 8.85. The number of esters is 1. The third kappa shape index (κ3) is 4.23. The molecule has 128 valence electrons. The zero-order valence-corrected chi connectivity index (χ0v) is 14.7. The molecule has 2 aromatic heterocycles. The molecular weight excluding hydrogens is 364 g/mol. The first-order valence-electron chi connectivity index (χ1n) is 7.30. The molecule has 25 heavy (non-hydrogen) atoms. The van der Waals surface area contributed by atoms with Crippen molar-refractivity contribution in [2.45, 2.75) is 6.92 Å². The molecule has 0 bridgehead atoms. The molecule has 0 fully saturated rings. The molecule has 0 aliphatic carbocycles. The highest BCUT2D eigenvalue weighted by atomic mass is 35.5. The highest BCUT2D eigenvalue weighted by Crippen LogP contribution is 2.25. The van der Waals surface area contributed by atoms with Gasteiger partial charge in [-0.25, -0.2) is 9.78 Å². The maximum Gasteiger partial charge on any atom is 0.360 e. The van der Waals surface area contributed by atoms with Crippen LogP contribution < -0.4 is 5.43 Å². The zero-order chi connectivity index (χ0) is 17.6. The molecule has 0 radical (unpaired) electrons. The van der Waals surface area contributed by atoms with Gasteiger partial charge in [-0.15, -0.1) is 11.3 Å². The third-order valence-electron chi connectivity index (χ3n) is 3.02. The minimum atomic E-state index is -0.532. The van der Waals surface area contributed by atoms with E-state index in [1.54, 1.807) is 24.6 Å². The van der Waals surface area contributed by atoms with Crippen LogP contribution in [-0.4, -0.2) is 28.9 Å². The molecule has 0 amide bonds. The topological polar surface area (TPSA) is 89.6 Å². The normalized spacial score (nSPS) is 11.0. The Bertz CT molecular complexity index is 906. The summed E-state index contributed by atoms with van der Waals surface area (Å²) in [4.78, 5) is 15.9. The Morgan fingerprint density at radius 1 is 1.48 bits per heavy atom. The molecule has 7 nitrogen and oxygen atoms in total. The van der Waals surface area contributed by atoms with Crippen molar-refractivity contribution < 1.29 is 14.1 Å². The zero-order valence-electron chi connectivity index (χ0n) is 13.1. The number of nitrogens with one attached hydrogen (secondary N) is 1. The van der Waals surface area contributed by atoms with E-state index in [2.05, 4.69) is 20.7 Å². The lowest BCUT2D eigenvalue weighted by molar-refractivity contribution is 0.0514. The Morgan fingerprint density at radius 2 is 2.32 bits per heavy atom. The number of carbonyl (C=O) groups excluding carboxylic acids is 1. The van der Waals surface area contributed by atoms with E-state index in [0.717, 1.165) is 5.56 Å². The Kier molecular flexibility index (Phi) is 5.42. The lowest BCUT2D eigenvalue weighted by Gasteiger charge is -1.96. The molecule has 0 spiro atoms. The maximum absolute atomic E-state index is 11.6. The molecule has 1 N–H and O–H groups in total. The number of ether oxygens (including phenoxy) is 1. The van der Waals surface area contributed by atoms with Gasteiger partial charge >= 0.3 is 5.97 Å². The molecule has 0 atom stereocenters. The third-order valence-corrected chi connectivity index (χ3v) is 4.11. The quantitative estimate of drug-likeness (QED) is 0.396. The Balaban J connectivity index is 1.66. The second kappa shape index (κ2) is 7.91. The van der Waals surface area contributed by atoms with Gasteiger partial charge in [0.2, 0.25) is 5.13 Å². The van der Waals surface area contributed by atoms with E-state index in [-0.39, 0.29) is 12.3 Å². The predicted octanol–water partition coefficient (Wildman–Crippen LogP) is 4.07. The first-order valence-corrected chi connectivity index (χ1v) is 8.56. The Hall–Kier alpha value is -2.71. The van der Waals surface area contributed by atoms with E-state index in [1.165, 1.54) is 17.4 Å². The van der Waals surface area contributed by atoms with Crippen molar-refractivity contribution in [2.24, 2.45) is 5.10 Å². The van der Waals surface area contributed by atoms with Gasteiger partial charge < -0.3 is 9.26 Å². The smallest absolute Gasteiger partial charge is 0.360 e. The van der Waals surface area contributed by atoms with Gasteiger partial charge in [0.1, 0.15) is 5.69 Å². The minimum absolute atomic E-state index is 0.107. The number of aromatic nitrogens is 2. The minimum Gasteiger partial charge on any atom is -0.461 e. The van der Waals surface area contributed by atoms with Gasteiger partial charge in [0.05, 0.1) is 12.8 Å². The van der Waals surface area contributed by atoms with Crippen molar-refractivity contribution in [3.63, 3.8) is 0 Å². The standard InChI is InChI=1S/C16H13ClN4O3S/c1-2-23-15(22)12-7-14(24-21-12)13-9-25-16(19-13)20-18-8-10-5-3-4-6-11(10)17/h3-9H,2H2,1H3,(H,19,20)/b18-8+. The van der Waals surface area contributed by atoms with Crippen LogP contribution in [0.4, 0.5) is 5.13 Å². The van der Waals surface area contributed by atoms with Crippen molar-refractivity contribution in [3.05, 3.63) is 52.0 Å². The number of hydrogen-bond acceptors (Lipinski definition) is 8. The van der Waals surface area contributed by atoms with Crippen molar-refractivity contribution in [1.82, 2.24) is 10.1 Å². The van der Waals surface area contributed by atoms with Crippen molar-refractivity contribution >= 4 is 40.3 Å². The van der Waals surface area contributed by atoms with Gasteiger partial charge in [0, 0.05) is 22.0 Å². The van der Waals surface area contributed by atoms with Crippen LogP contribution in [0.25, 0.3) is 11.5 Å². The molecular formula is C16H13ClN4O3S. The fourth-order valence-corrected chi connectivity index (χ4v) is 2.71. The number of thiazole rings is 1. The average Bonchev–Trinajstić information content (AvgIpc) is 3.26. The van der Waals surface area contributed by atoms with Gasteiger partial charge in [-0.1, -0.05) is 35.0 Å². The molecule has 1 aromatic carbocycles. The van der Waals surface area contributed by atoms with E-state index in [4.69, 9.17) is 20.9 Å². The highest BCUT2D eigenvalue weighted by molar-refractivity contribution is 7.14. The summed E-state index contributed by atoms with van der Waals surface area (Å²) in [6.07, 6.45) is 1.61. The molecule has 9 heteroatoms. The largest absolute Gasteiger partial charge is 0.461 e. The summed E-state index contributed by atoms with van der Waals surface area (Å²) in [5.74, 6) is -0.155. The van der Waals surface area contributed by atoms with Crippen LogP contribution in [0.1, 0.15) is 23.0 Å². The fourth-order valence-electron chi connectivity index (χ4n) is 1.87. The van der Waals surface area contributed by atoms with Gasteiger partial charge in [0.15, 0.2) is 11.5 Å². The van der Waals surface area contributed by atoms with Gasteiger partial charge in [-0.3, -0.25) is 5.43 Å². The molecule has 0 aliphatic rings. The van der Waals surface area contributed by atoms with Gasteiger partial charge in [-0.2, -0.15) is 5.10 Å². The number of hydrogen-bond donors (Lipinski definition) is 1. The van der Waals surface area contributed by atoms with Gasteiger partial charge in [-0.05, 0) is 13.0 Å². The van der Waals surface area contributed by atoms with Crippen LogP contribution in [0.15, 0.2) is 45.3 Å². The number of carbonyl (C=O) groups is 1. The Labute approximate surface area is 152 Å². The fraction of sp³-hybridized carbons (Fsp3) is 0.125. The van der Waals surface area contributed by atoms with E-state index in [0.29, 0.717) is 21.6 Å². The van der Waals surface area contributed by atoms with E-state index < -0.39 is 5.97 Å². The van der Waals surface area contributed by atoms with Crippen molar-refractivity contribution in [1.29, 1.82) is 0 Å². The van der Waals surface area contributed by atoms with Crippen molar-refractivity contribution in [3.8, 4) is 11.5 Å². The summed E-state index contributed by atoms with van der Waals surface area (Å²) >= 11 is 7.39. The average molecular weight is 377 g/mol. The summed E-state index contributed by atoms with van der Waals surface area (Å²) in [5.41, 5.74) is 4.27. The second-order valence-corrected chi connectivity index (χ2v) is 5.99. The van der Waals surface area contributed by atoms with Crippen LogP contribution in [0, 0.1) is 0 Å². The van der Waals surface area contributed by atoms with E-state index in [9.17, 15) is 4.79 Å². The molecule has 3 aromatic rings. The number of hydrazone groups is 1. The summed E-state index contributed by atoms with van der Waals surface area (Å²) in [7, 11) is 0. The van der Waals surface area contributed by atoms with Crippen LogP contribution in [-0.2, 0) is 4.74 Å². The number of halogens is 1. The highest BCUT2D eigenvalue weighted by Gasteiger charge is 2.16. The second-order valence-electron chi connectivity index (χ2n) is 4.73. The molecule has 0 unspecified atom stereocenters. The lowest BCUT2D eigenvalue weighted by Crippen LogP contribution is -2.04. The van der Waals surface area contributed by atoms with Gasteiger partial charge in [0.25, 0.3) is 0 Å². The molecule has 3 rings (SSSR count). The van der Waals surface area contributed by atoms with Crippen LogP contribution in [0.5, 0.6) is 0 Å². The van der Waals surface area contributed by atoms with Crippen LogP contribution >= 0.6 is 22.9 Å². The van der Waals surface area contributed by atoms with Crippen LogP contribution in [0.2, 0.25) is 5.02 Å². The van der Waals surface area contributed by atoms with E-state index >= 15 is 0 Å². The Morgan fingerprint density at radius 3 is 3.12 bits per heavy atom. The summed E-state index contributed by atoms with van der Waals surface area (Å²) < 4.78 is 10.00. The predicted molar refractivity (Wildman–Crippen MR) is 96.2 cm³/mol. The molecule has 0 aliphatic heterocycles. The number of rotatable bonds is 6. The van der Waals surface area contributed by atoms with E-state index in [1.807, 2.05) is 18.2 Å².